The van der Waals surface area contributed by atoms with E-state index < -0.39 is 12.0 Å². The fourth-order valence-corrected chi connectivity index (χ4v) is 2.11. The van der Waals surface area contributed by atoms with Gasteiger partial charge in [0.1, 0.15) is 18.2 Å². The Labute approximate surface area is 123 Å². The molecule has 1 aromatic heterocycles. The summed E-state index contributed by atoms with van der Waals surface area (Å²) < 4.78 is 1.81. The highest BCUT2D eigenvalue weighted by Gasteiger charge is 2.19. The average Bonchev–Trinajstić information content (AvgIpc) is 2.86. The number of hydrogen-bond donors (Lipinski definition) is 2. The van der Waals surface area contributed by atoms with Crippen LogP contribution in [0.25, 0.3) is 0 Å². The van der Waals surface area contributed by atoms with Gasteiger partial charge in [0.25, 0.3) is 0 Å². The molecule has 2 aromatic rings. The lowest BCUT2D eigenvalue weighted by Gasteiger charge is -2.15. The minimum atomic E-state index is -0.906. The van der Waals surface area contributed by atoms with E-state index in [1.54, 1.807) is 12.1 Å². The zero-order valence-corrected chi connectivity index (χ0v) is 12.2. The van der Waals surface area contributed by atoms with Crippen LogP contribution >= 0.6 is 0 Å². The molecule has 0 aliphatic carbocycles. The molecule has 0 radical (unpaired) electrons. The van der Waals surface area contributed by atoms with Gasteiger partial charge in [0.15, 0.2) is 0 Å². The Bertz CT molecular complexity index is 580. The van der Waals surface area contributed by atoms with Crippen molar-refractivity contribution in [1.82, 2.24) is 20.1 Å². The van der Waals surface area contributed by atoms with E-state index >= 15 is 0 Å². The summed E-state index contributed by atoms with van der Waals surface area (Å²) in [6.07, 6.45) is 1.50. The SMILES string of the molecule is CC(C)Cn1ncnc1CNC(C(=O)O)c1ccccc1. The summed E-state index contributed by atoms with van der Waals surface area (Å²) in [7, 11) is 0. The van der Waals surface area contributed by atoms with Crippen LogP contribution in [-0.4, -0.2) is 25.8 Å². The molecule has 1 atom stereocenters. The third-order valence-corrected chi connectivity index (χ3v) is 3.08. The Kier molecular flexibility index (Phi) is 5.05. The predicted octanol–water partition coefficient (Wildman–Crippen LogP) is 1.85. The summed E-state index contributed by atoms with van der Waals surface area (Å²) in [4.78, 5) is 15.6. The van der Waals surface area contributed by atoms with Crippen LogP contribution in [-0.2, 0) is 17.9 Å². The summed E-state index contributed by atoms with van der Waals surface area (Å²) in [5, 5.41) is 16.6. The topological polar surface area (TPSA) is 80.0 Å². The molecule has 0 amide bonds. The maximum absolute atomic E-state index is 11.4. The molecule has 1 unspecified atom stereocenters. The largest absolute Gasteiger partial charge is 0.480 e. The third kappa shape index (κ3) is 4.13. The second-order valence-corrected chi connectivity index (χ2v) is 5.32. The molecule has 0 aliphatic rings. The Morgan fingerprint density at radius 1 is 1.33 bits per heavy atom. The van der Waals surface area contributed by atoms with Crippen molar-refractivity contribution in [2.45, 2.75) is 33.0 Å². The molecular formula is C15H20N4O2. The van der Waals surface area contributed by atoms with Gasteiger partial charge in [-0.15, -0.1) is 0 Å². The first-order valence-electron chi connectivity index (χ1n) is 6.95. The van der Waals surface area contributed by atoms with Crippen molar-refractivity contribution in [3.8, 4) is 0 Å². The van der Waals surface area contributed by atoms with Crippen molar-refractivity contribution in [2.24, 2.45) is 5.92 Å². The molecule has 21 heavy (non-hydrogen) atoms. The molecule has 0 fully saturated rings. The minimum Gasteiger partial charge on any atom is -0.480 e. The van der Waals surface area contributed by atoms with E-state index in [-0.39, 0.29) is 0 Å². The first-order chi connectivity index (χ1) is 10.1. The van der Waals surface area contributed by atoms with Crippen LogP contribution in [0.4, 0.5) is 0 Å². The van der Waals surface area contributed by atoms with Crippen LogP contribution in [0.5, 0.6) is 0 Å². The van der Waals surface area contributed by atoms with Crippen LogP contribution in [0, 0.1) is 5.92 Å². The zero-order chi connectivity index (χ0) is 15.2. The Morgan fingerprint density at radius 3 is 2.67 bits per heavy atom. The molecule has 1 heterocycles. The van der Waals surface area contributed by atoms with E-state index in [1.807, 2.05) is 22.9 Å². The lowest BCUT2D eigenvalue weighted by Crippen LogP contribution is -2.29. The second kappa shape index (κ2) is 6.99. The Hall–Kier alpha value is -2.21. The van der Waals surface area contributed by atoms with Crippen molar-refractivity contribution < 1.29 is 9.90 Å². The lowest BCUT2D eigenvalue weighted by atomic mass is 10.1. The van der Waals surface area contributed by atoms with Crippen molar-refractivity contribution in [3.63, 3.8) is 0 Å². The number of aromatic nitrogens is 3. The predicted molar refractivity (Wildman–Crippen MR) is 78.5 cm³/mol. The molecule has 6 heteroatoms. The number of nitrogens with one attached hydrogen (secondary N) is 1. The monoisotopic (exact) mass is 288 g/mol. The first kappa shape index (κ1) is 15.2. The van der Waals surface area contributed by atoms with E-state index in [9.17, 15) is 9.90 Å². The molecule has 2 rings (SSSR count). The molecule has 0 saturated heterocycles. The van der Waals surface area contributed by atoms with Crippen LogP contribution in [0.1, 0.15) is 31.3 Å². The highest BCUT2D eigenvalue weighted by Crippen LogP contribution is 2.13. The van der Waals surface area contributed by atoms with E-state index in [1.165, 1.54) is 6.33 Å². The van der Waals surface area contributed by atoms with E-state index in [2.05, 4.69) is 29.2 Å². The van der Waals surface area contributed by atoms with Gasteiger partial charge in [-0.1, -0.05) is 44.2 Å². The molecule has 0 spiro atoms. The summed E-state index contributed by atoms with van der Waals surface area (Å²) in [5.41, 5.74) is 0.722. The van der Waals surface area contributed by atoms with Gasteiger partial charge >= 0.3 is 5.97 Å². The summed E-state index contributed by atoms with van der Waals surface area (Å²) >= 11 is 0. The van der Waals surface area contributed by atoms with Crippen LogP contribution in [0.3, 0.4) is 0 Å². The van der Waals surface area contributed by atoms with Gasteiger partial charge in [-0.3, -0.25) is 10.1 Å². The van der Waals surface area contributed by atoms with Gasteiger partial charge < -0.3 is 5.11 Å². The maximum Gasteiger partial charge on any atom is 0.325 e. The van der Waals surface area contributed by atoms with Gasteiger partial charge in [0, 0.05) is 6.54 Å². The van der Waals surface area contributed by atoms with Gasteiger partial charge in [-0.25, -0.2) is 9.67 Å². The lowest BCUT2D eigenvalue weighted by molar-refractivity contribution is -0.139. The standard InChI is InChI=1S/C15H20N4O2/c1-11(2)9-19-13(17-10-18-19)8-16-14(15(20)21)12-6-4-3-5-7-12/h3-7,10-11,14,16H,8-9H2,1-2H3,(H,20,21). The number of carboxylic acids is 1. The van der Waals surface area contributed by atoms with Gasteiger partial charge in [0.2, 0.25) is 0 Å². The van der Waals surface area contributed by atoms with Gasteiger partial charge in [-0.2, -0.15) is 5.10 Å². The number of benzene rings is 1. The number of hydrogen-bond acceptors (Lipinski definition) is 4. The molecule has 6 nitrogen and oxygen atoms in total. The summed E-state index contributed by atoms with van der Waals surface area (Å²) in [5.74, 6) is 0.289. The van der Waals surface area contributed by atoms with Crippen LogP contribution in [0.2, 0.25) is 0 Å². The Balaban J connectivity index is 2.06. The normalized spacial score (nSPS) is 12.5. The van der Waals surface area contributed by atoms with Crippen molar-refractivity contribution in [1.29, 1.82) is 0 Å². The smallest absolute Gasteiger partial charge is 0.325 e. The van der Waals surface area contributed by atoms with Gasteiger partial charge in [0.05, 0.1) is 6.54 Å². The fraction of sp³-hybridized carbons (Fsp3) is 0.400. The van der Waals surface area contributed by atoms with Gasteiger partial charge in [-0.05, 0) is 11.5 Å². The highest BCUT2D eigenvalue weighted by atomic mass is 16.4. The zero-order valence-electron chi connectivity index (χ0n) is 12.2. The third-order valence-electron chi connectivity index (χ3n) is 3.08. The Morgan fingerprint density at radius 2 is 2.05 bits per heavy atom. The van der Waals surface area contributed by atoms with Crippen molar-refractivity contribution in [2.75, 3.05) is 0 Å². The fourth-order valence-electron chi connectivity index (χ4n) is 2.11. The molecule has 0 aliphatic heterocycles. The molecular weight excluding hydrogens is 268 g/mol. The second-order valence-electron chi connectivity index (χ2n) is 5.32. The van der Waals surface area contributed by atoms with Crippen LogP contribution in [0.15, 0.2) is 36.7 Å². The molecule has 1 aromatic carbocycles. The van der Waals surface area contributed by atoms with Crippen molar-refractivity contribution in [3.05, 3.63) is 48.0 Å². The molecule has 0 bridgehead atoms. The van der Waals surface area contributed by atoms with E-state index in [4.69, 9.17) is 0 Å². The number of nitrogens with zero attached hydrogens (tertiary/aromatic N) is 3. The first-order valence-corrected chi connectivity index (χ1v) is 6.95. The minimum absolute atomic E-state index is 0.360. The number of carboxylic acid groups (broad SMARTS) is 1. The number of aliphatic carboxylic acids is 1. The molecule has 112 valence electrons. The number of carbonyl (C=O) groups is 1. The van der Waals surface area contributed by atoms with E-state index in [0.717, 1.165) is 17.9 Å². The maximum atomic E-state index is 11.4. The summed E-state index contributed by atoms with van der Waals surface area (Å²) in [6.45, 7) is 5.32. The quantitative estimate of drug-likeness (QED) is 0.812. The molecule has 0 saturated carbocycles. The van der Waals surface area contributed by atoms with Crippen LogP contribution < -0.4 is 5.32 Å². The average molecular weight is 288 g/mol. The van der Waals surface area contributed by atoms with Crippen molar-refractivity contribution >= 4 is 5.97 Å². The number of rotatable bonds is 7. The molecule has 2 N–H and O–H groups in total. The van der Waals surface area contributed by atoms with E-state index in [0.29, 0.717) is 12.5 Å². The highest BCUT2D eigenvalue weighted by molar-refractivity contribution is 5.75. The summed E-state index contributed by atoms with van der Waals surface area (Å²) in [6, 6.07) is 8.36.